The van der Waals surface area contributed by atoms with E-state index in [0.29, 0.717) is 12.8 Å². The van der Waals surface area contributed by atoms with Gasteiger partial charge in [0.25, 0.3) is 5.78 Å². The van der Waals surface area contributed by atoms with E-state index in [1.54, 1.807) is 55.4 Å². The second-order valence-electron chi connectivity index (χ2n) is 14.1. The zero-order chi connectivity index (χ0) is 39.3. The lowest BCUT2D eigenvalue weighted by Crippen LogP contribution is -2.62. The smallest absolute Gasteiger partial charge is 0.383 e. The summed E-state index contributed by atoms with van der Waals surface area (Å²) in [5.74, 6) is -15.5. The average Bonchev–Trinajstić information content (AvgIpc) is 3.01. The van der Waals surface area contributed by atoms with E-state index in [9.17, 15) is 33.6 Å². The van der Waals surface area contributed by atoms with E-state index in [2.05, 4.69) is 27.0 Å². The summed E-state index contributed by atoms with van der Waals surface area (Å²) in [6.07, 6.45) is 0.964. The zero-order valence-corrected chi connectivity index (χ0v) is 31.5. The fraction of sp³-hybridized carbons (Fsp3) is 0.788. The van der Waals surface area contributed by atoms with Gasteiger partial charge in [0.05, 0.1) is 13.2 Å². The van der Waals surface area contributed by atoms with Crippen LogP contribution in [-0.2, 0) is 43.1 Å². The number of hydrazine groups is 1. The number of carbonyl (C=O) groups is 7. The first-order chi connectivity index (χ1) is 22.9. The molecule has 0 spiro atoms. The summed E-state index contributed by atoms with van der Waals surface area (Å²) in [4.78, 5) is 94.6. The van der Waals surface area contributed by atoms with Gasteiger partial charge in [-0.15, -0.1) is 0 Å². The van der Waals surface area contributed by atoms with Crippen molar-refractivity contribution in [1.82, 2.24) is 32.3 Å². The van der Waals surface area contributed by atoms with Crippen molar-refractivity contribution in [3.8, 4) is 0 Å². The molecule has 0 aromatic rings. The molecule has 6 N–H and O–H groups in total. The number of nitrogens with one attached hydrogen (secondary N) is 6. The molecule has 0 aliphatic heterocycles. The summed E-state index contributed by atoms with van der Waals surface area (Å²) in [5.41, 5.74) is 6.44. The largest absolute Gasteiger partial charge is 0.454 e. The third-order valence-electron chi connectivity index (χ3n) is 8.01. The fourth-order valence-electron chi connectivity index (χ4n) is 4.44. The number of hydroxylamine groups is 1. The van der Waals surface area contributed by atoms with Crippen LogP contribution in [0, 0.1) is 23.7 Å². The topological polar surface area (TPSA) is 210 Å². The quantitative estimate of drug-likeness (QED) is 0.0431. The number of Topliss-reactive ketones (excluding diaryl/α,β-unsaturated/α-hetero) is 2. The van der Waals surface area contributed by atoms with Crippen LogP contribution in [-0.4, -0.2) is 90.0 Å². The van der Waals surface area contributed by atoms with Crippen molar-refractivity contribution in [1.29, 1.82) is 0 Å². The number of esters is 1. The molecule has 0 rings (SSSR count). The zero-order valence-electron chi connectivity index (χ0n) is 31.5. The number of amides is 4. The number of carbonyl (C=O) groups excluding carboxylic acids is 7. The molecule has 7 atom stereocenters. The third kappa shape index (κ3) is 14.1. The predicted molar refractivity (Wildman–Crippen MR) is 180 cm³/mol. The van der Waals surface area contributed by atoms with Gasteiger partial charge < -0.3 is 20.2 Å². The Balaban J connectivity index is 5.78. The number of ether oxygens (including phenoxy) is 1. The SMILES string of the molecule is CC[C@H](C)C(NN[C@@H](C)C(=O)C(F)(F)C(=O)NC(=O)[C@@H](NC(=O)C(NOC)[C@@H](C)CC)C(C)C)C(=O)N[C@H](C(=O)C(=O)OC(C)(C)C)C(C)C. The second kappa shape index (κ2) is 20.4. The molecule has 2 unspecified atom stereocenters. The Bertz CT molecular complexity index is 1210. The van der Waals surface area contributed by atoms with Crippen LogP contribution in [0.2, 0.25) is 0 Å². The molecule has 0 aliphatic carbocycles. The van der Waals surface area contributed by atoms with E-state index in [4.69, 9.17) is 9.57 Å². The lowest BCUT2D eigenvalue weighted by molar-refractivity contribution is -0.164. The second-order valence-corrected chi connectivity index (χ2v) is 14.1. The van der Waals surface area contributed by atoms with Crippen LogP contribution in [0.25, 0.3) is 0 Å². The van der Waals surface area contributed by atoms with Gasteiger partial charge in [0.2, 0.25) is 23.5 Å². The summed E-state index contributed by atoms with van der Waals surface area (Å²) in [5, 5.41) is 6.49. The standard InChI is InChI=1S/C33H58F2N6O9/c1-14-18(7)23(28(45)36-21(16(3)4)25(42)30(47)50-32(10,11)12)40-39-20(9)26(43)33(34,35)31(48)38-27(44)22(17(5)6)37-29(46)24(41-49-13)19(8)15-2/h16-24,39-41H,14-15H2,1-13H3,(H,36,45)(H,37,46)(H,38,44,48)/t18-,19-,20-,21-,22-,23?,24?/m0/s1. The highest BCUT2D eigenvalue weighted by atomic mass is 19.3. The van der Waals surface area contributed by atoms with Gasteiger partial charge >= 0.3 is 17.8 Å². The van der Waals surface area contributed by atoms with Crippen molar-refractivity contribution in [3.63, 3.8) is 0 Å². The average molecular weight is 721 g/mol. The first-order valence-electron chi connectivity index (χ1n) is 16.8. The molecule has 17 heteroatoms. The summed E-state index contributed by atoms with van der Waals surface area (Å²) in [6, 6.07) is -6.53. The van der Waals surface area contributed by atoms with Crippen molar-refractivity contribution < 1.29 is 51.9 Å². The molecule has 288 valence electrons. The van der Waals surface area contributed by atoms with Crippen LogP contribution in [0.1, 0.15) is 95.9 Å². The van der Waals surface area contributed by atoms with Crippen molar-refractivity contribution in [2.24, 2.45) is 23.7 Å². The molecular formula is C33H58F2N6O9. The van der Waals surface area contributed by atoms with E-state index in [0.717, 1.165) is 6.92 Å². The molecule has 0 saturated carbocycles. The Labute approximate surface area is 293 Å². The number of alkyl halides is 2. The molecule has 50 heavy (non-hydrogen) atoms. The summed E-state index contributed by atoms with van der Waals surface area (Å²) >= 11 is 0. The van der Waals surface area contributed by atoms with Crippen molar-refractivity contribution in [2.45, 2.75) is 138 Å². The Morgan fingerprint density at radius 1 is 0.660 bits per heavy atom. The molecule has 0 bridgehead atoms. The Hall–Kier alpha value is -3.41. The normalized spacial score (nSPS) is 16.3. The molecular weight excluding hydrogens is 662 g/mol. The van der Waals surface area contributed by atoms with Crippen LogP contribution in [0.3, 0.4) is 0 Å². The van der Waals surface area contributed by atoms with Gasteiger partial charge in [-0.25, -0.2) is 15.6 Å². The number of ketones is 2. The molecule has 0 aliphatic rings. The first-order valence-corrected chi connectivity index (χ1v) is 16.8. The van der Waals surface area contributed by atoms with Gasteiger partial charge in [-0.1, -0.05) is 68.2 Å². The van der Waals surface area contributed by atoms with Crippen molar-refractivity contribution in [2.75, 3.05) is 7.11 Å². The van der Waals surface area contributed by atoms with Gasteiger partial charge in [0.1, 0.15) is 29.8 Å². The van der Waals surface area contributed by atoms with Crippen molar-refractivity contribution >= 4 is 41.2 Å². The van der Waals surface area contributed by atoms with Crippen LogP contribution in [0.15, 0.2) is 0 Å². The minimum absolute atomic E-state index is 0.237. The van der Waals surface area contributed by atoms with Gasteiger partial charge in [-0.3, -0.25) is 34.1 Å². The highest BCUT2D eigenvalue weighted by Gasteiger charge is 2.50. The van der Waals surface area contributed by atoms with E-state index in [1.807, 2.05) is 6.92 Å². The highest BCUT2D eigenvalue weighted by Crippen LogP contribution is 2.19. The molecule has 4 amide bonds. The Morgan fingerprint density at radius 3 is 1.56 bits per heavy atom. The fourth-order valence-corrected chi connectivity index (χ4v) is 4.44. The Morgan fingerprint density at radius 2 is 1.12 bits per heavy atom. The van der Waals surface area contributed by atoms with Crippen LogP contribution in [0.4, 0.5) is 8.78 Å². The third-order valence-corrected chi connectivity index (χ3v) is 8.01. The van der Waals surface area contributed by atoms with Gasteiger partial charge in [-0.05, 0) is 51.4 Å². The van der Waals surface area contributed by atoms with E-state index < -0.39 is 101 Å². The minimum atomic E-state index is -4.71. The van der Waals surface area contributed by atoms with Gasteiger partial charge in [0.15, 0.2) is 0 Å². The number of rotatable bonds is 21. The molecule has 0 aromatic heterocycles. The maximum Gasteiger partial charge on any atom is 0.383 e. The summed E-state index contributed by atoms with van der Waals surface area (Å²) in [6.45, 7) is 19.0. The van der Waals surface area contributed by atoms with E-state index in [1.165, 1.54) is 26.3 Å². The number of hydrogen-bond donors (Lipinski definition) is 6. The van der Waals surface area contributed by atoms with E-state index >= 15 is 8.78 Å². The molecule has 0 heterocycles. The monoisotopic (exact) mass is 720 g/mol. The maximum atomic E-state index is 15.1. The van der Waals surface area contributed by atoms with E-state index in [-0.39, 0.29) is 5.92 Å². The predicted octanol–water partition coefficient (Wildman–Crippen LogP) is 1.49. The summed E-state index contributed by atoms with van der Waals surface area (Å²) < 4.78 is 35.4. The maximum absolute atomic E-state index is 15.1. The number of halogens is 2. The molecule has 0 radical (unpaired) electrons. The number of hydrogen-bond acceptors (Lipinski definition) is 12. The minimum Gasteiger partial charge on any atom is -0.454 e. The van der Waals surface area contributed by atoms with Crippen LogP contribution >= 0.6 is 0 Å². The molecule has 15 nitrogen and oxygen atoms in total. The lowest BCUT2D eigenvalue weighted by Gasteiger charge is -2.29. The van der Waals surface area contributed by atoms with Gasteiger partial charge in [-0.2, -0.15) is 14.3 Å². The lowest BCUT2D eigenvalue weighted by atomic mass is 9.95. The number of imide groups is 1. The van der Waals surface area contributed by atoms with Crippen LogP contribution < -0.4 is 32.3 Å². The van der Waals surface area contributed by atoms with Crippen molar-refractivity contribution in [3.05, 3.63) is 0 Å². The first kappa shape index (κ1) is 46.6. The molecule has 0 fully saturated rings. The molecule has 0 aromatic carbocycles. The van der Waals surface area contributed by atoms with Crippen LogP contribution in [0.5, 0.6) is 0 Å². The highest BCUT2D eigenvalue weighted by molar-refractivity contribution is 6.36. The Kier molecular flexibility index (Phi) is 19.0. The van der Waals surface area contributed by atoms with Gasteiger partial charge in [0, 0.05) is 0 Å². The molecule has 0 saturated heterocycles. The summed E-state index contributed by atoms with van der Waals surface area (Å²) in [7, 11) is 1.30.